The first kappa shape index (κ1) is 17.3. The number of rotatable bonds is 4. The van der Waals surface area contributed by atoms with Crippen LogP contribution >= 0.6 is 22.9 Å². The van der Waals surface area contributed by atoms with E-state index in [1.807, 2.05) is 42.8 Å². The number of hydrogen-bond acceptors (Lipinski definition) is 7. The quantitative estimate of drug-likeness (QED) is 0.531. The van der Waals surface area contributed by atoms with Crippen molar-refractivity contribution >= 4 is 39.0 Å². The highest BCUT2D eigenvalue weighted by atomic mass is 35.5. The number of anilines is 1. The topological polar surface area (TPSA) is 74.1 Å². The summed E-state index contributed by atoms with van der Waals surface area (Å²) in [5.41, 5.74) is 1.06. The molecule has 1 aliphatic rings. The molecule has 0 saturated heterocycles. The molecule has 0 bridgehead atoms. The first-order chi connectivity index (χ1) is 13.6. The largest absolute Gasteiger partial charge is 0.454 e. The van der Waals surface area contributed by atoms with Gasteiger partial charge in [-0.15, -0.1) is 11.3 Å². The van der Waals surface area contributed by atoms with Crippen molar-refractivity contribution < 1.29 is 9.47 Å². The Morgan fingerprint density at radius 1 is 1.21 bits per heavy atom. The van der Waals surface area contributed by atoms with Crippen LogP contribution in [0.2, 0.25) is 5.02 Å². The van der Waals surface area contributed by atoms with Crippen molar-refractivity contribution in [3.63, 3.8) is 0 Å². The summed E-state index contributed by atoms with van der Waals surface area (Å²) < 4.78 is 12.7. The lowest BCUT2D eigenvalue weighted by atomic mass is 10.2. The average molecular weight is 414 g/mol. The van der Waals surface area contributed by atoms with Crippen molar-refractivity contribution in [1.29, 1.82) is 0 Å². The number of nitrogens with zero attached hydrogens (tertiary/aromatic N) is 4. The summed E-state index contributed by atoms with van der Waals surface area (Å²) in [6, 6.07) is 5.88. The normalized spacial score (nSPS) is 12.7. The second kappa shape index (κ2) is 6.65. The number of thiophene rings is 1. The van der Waals surface area contributed by atoms with Gasteiger partial charge in [-0.1, -0.05) is 17.7 Å². The third kappa shape index (κ3) is 2.85. The van der Waals surface area contributed by atoms with E-state index in [4.69, 9.17) is 31.0 Å². The summed E-state index contributed by atoms with van der Waals surface area (Å²) in [5.74, 6) is 3.60. The zero-order chi connectivity index (χ0) is 19.3. The van der Waals surface area contributed by atoms with E-state index in [-0.39, 0.29) is 6.79 Å². The maximum atomic E-state index is 6.55. The Morgan fingerprint density at radius 3 is 2.89 bits per heavy atom. The molecule has 0 radical (unpaired) electrons. The van der Waals surface area contributed by atoms with Gasteiger partial charge in [0.15, 0.2) is 11.5 Å². The zero-order valence-corrected chi connectivity index (χ0v) is 16.8. The molecule has 0 saturated carbocycles. The first-order valence-corrected chi connectivity index (χ1v) is 9.89. The highest BCUT2D eigenvalue weighted by Gasteiger charge is 2.18. The van der Waals surface area contributed by atoms with Gasteiger partial charge in [0.25, 0.3) is 0 Å². The molecule has 142 valence electrons. The number of fused-ring (bicyclic) bond motifs is 2. The molecule has 0 fully saturated rings. The molecular weight excluding hydrogens is 398 g/mol. The fourth-order valence-electron chi connectivity index (χ4n) is 3.13. The van der Waals surface area contributed by atoms with Gasteiger partial charge in [0, 0.05) is 23.8 Å². The van der Waals surface area contributed by atoms with Gasteiger partial charge >= 0.3 is 0 Å². The number of aromatic nitrogens is 4. The highest BCUT2D eigenvalue weighted by Crippen LogP contribution is 2.38. The van der Waals surface area contributed by atoms with Gasteiger partial charge in [0.05, 0.1) is 10.4 Å². The molecule has 0 aliphatic carbocycles. The molecule has 28 heavy (non-hydrogen) atoms. The SMILES string of the molecule is Cc1sc2nc(-n3ccnc3C)nc(NCc3ccc4c(c3)OCO4)c2c1Cl. The van der Waals surface area contributed by atoms with Crippen LogP contribution < -0.4 is 14.8 Å². The number of benzene rings is 1. The fraction of sp³-hybridized carbons (Fsp3) is 0.211. The van der Waals surface area contributed by atoms with Gasteiger partial charge in [0.2, 0.25) is 12.7 Å². The molecule has 4 aromatic rings. The van der Waals surface area contributed by atoms with Crippen molar-refractivity contribution in [3.8, 4) is 17.4 Å². The predicted molar refractivity (Wildman–Crippen MR) is 109 cm³/mol. The minimum absolute atomic E-state index is 0.260. The van der Waals surface area contributed by atoms with E-state index < -0.39 is 0 Å². The highest BCUT2D eigenvalue weighted by molar-refractivity contribution is 7.19. The van der Waals surface area contributed by atoms with Crippen LogP contribution in [0.3, 0.4) is 0 Å². The molecule has 0 amide bonds. The molecule has 1 N–H and O–H groups in total. The Hall–Kier alpha value is -2.84. The van der Waals surface area contributed by atoms with Crippen LogP contribution in [0.15, 0.2) is 30.6 Å². The molecule has 1 aromatic carbocycles. The number of halogens is 1. The molecular formula is C19H16ClN5O2S. The number of imidazole rings is 1. The number of nitrogens with one attached hydrogen (secondary N) is 1. The van der Waals surface area contributed by atoms with Crippen LogP contribution in [0.4, 0.5) is 5.82 Å². The minimum atomic E-state index is 0.260. The fourth-order valence-corrected chi connectivity index (χ4v) is 4.39. The molecule has 5 rings (SSSR count). The van der Waals surface area contributed by atoms with Crippen molar-refractivity contribution in [2.75, 3.05) is 12.1 Å². The smallest absolute Gasteiger partial charge is 0.238 e. The summed E-state index contributed by atoms with van der Waals surface area (Å²) >= 11 is 8.10. The molecule has 4 heterocycles. The minimum Gasteiger partial charge on any atom is -0.454 e. The molecule has 7 nitrogen and oxygen atoms in total. The Labute approximate surface area is 169 Å². The molecule has 0 atom stereocenters. The van der Waals surface area contributed by atoms with E-state index in [1.54, 1.807) is 17.5 Å². The van der Waals surface area contributed by atoms with E-state index >= 15 is 0 Å². The molecule has 0 spiro atoms. The Bertz CT molecular complexity index is 1200. The molecule has 9 heteroatoms. The summed E-state index contributed by atoms with van der Waals surface area (Å²) in [4.78, 5) is 15.5. The van der Waals surface area contributed by atoms with Crippen molar-refractivity contribution in [3.05, 3.63) is 51.9 Å². The van der Waals surface area contributed by atoms with Gasteiger partial charge in [-0.2, -0.15) is 4.98 Å². The maximum Gasteiger partial charge on any atom is 0.238 e. The third-order valence-corrected chi connectivity index (χ3v) is 6.16. The van der Waals surface area contributed by atoms with Crippen LogP contribution in [-0.2, 0) is 6.54 Å². The van der Waals surface area contributed by atoms with E-state index in [0.29, 0.717) is 23.3 Å². The van der Waals surface area contributed by atoms with Gasteiger partial charge in [-0.05, 0) is 31.5 Å². The Morgan fingerprint density at radius 2 is 2.07 bits per heavy atom. The van der Waals surface area contributed by atoms with Gasteiger partial charge < -0.3 is 14.8 Å². The van der Waals surface area contributed by atoms with Crippen LogP contribution in [0, 0.1) is 13.8 Å². The van der Waals surface area contributed by atoms with E-state index in [0.717, 1.165) is 38.0 Å². The third-order valence-electron chi connectivity index (χ3n) is 4.58. The van der Waals surface area contributed by atoms with E-state index in [9.17, 15) is 0 Å². The van der Waals surface area contributed by atoms with Crippen molar-refractivity contribution in [1.82, 2.24) is 19.5 Å². The average Bonchev–Trinajstić information content (AvgIpc) is 3.39. The summed E-state index contributed by atoms with van der Waals surface area (Å²) in [5, 5.41) is 4.93. The lowest BCUT2D eigenvalue weighted by Crippen LogP contribution is -2.07. The van der Waals surface area contributed by atoms with Gasteiger partial charge in [-0.3, -0.25) is 4.57 Å². The summed E-state index contributed by atoms with van der Waals surface area (Å²) in [7, 11) is 0. The zero-order valence-electron chi connectivity index (χ0n) is 15.2. The van der Waals surface area contributed by atoms with Crippen LogP contribution in [-0.4, -0.2) is 26.3 Å². The van der Waals surface area contributed by atoms with Crippen LogP contribution in [0.25, 0.3) is 16.2 Å². The van der Waals surface area contributed by atoms with Gasteiger partial charge in [0.1, 0.15) is 16.5 Å². The molecule has 1 aliphatic heterocycles. The molecule has 0 unspecified atom stereocenters. The maximum absolute atomic E-state index is 6.55. The monoisotopic (exact) mass is 413 g/mol. The predicted octanol–water partition coefficient (Wildman–Crippen LogP) is 4.49. The Balaban J connectivity index is 1.54. The standard InChI is InChI=1S/C19H16ClN5O2S/c1-10-16(20)15-17(22-8-12-3-4-13-14(7-12)27-9-26-13)23-19(24-18(15)28-10)25-6-5-21-11(25)2/h3-7H,8-9H2,1-2H3,(H,22,23,24). The van der Waals surface area contributed by atoms with Crippen LogP contribution in [0.1, 0.15) is 16.3 Å². The summed E-state index contributed by atoms with van der Waals surface area (Å²) in [6.45, 7) is 4.73. The van der Waals surface area contributed by atoms with Gasteiger partial charge in [-0.25, -0.2) is 9.97 Å². The lowest BCUT2D eigenvalue weighted by molar-refractivity contribution is 0.174. The van der Waals surface area contributed by atoms with E-state index in [2.05, 4.69) is 10.3 Å². The number of hydrogen-bond donors (Lipinski definition) is 1. The van der Waals surface area contributed by atoms with Crippen molar-refractivity contribution in [2.24, 2.45) is 0 Å². The van der Waals surface area contributed by atoms with E-state index in [1.165, 1.54) is 0 Å². The number of aryl methyl sites for hydroxylation is 2. The second-order valence-corrected chi connectivity index (χ2v) is 7.99. The van der Waals surface area contributed by atoms with Crippen molar-refractivity contribution in [2.45, 2.75) is 20.4 Å². The first-order valence-electron chi connectivity index (χ1n) is 8.69. The van der Waals surface area contributed by atoms with Crippen LogP contribution in [0.5, 0.6) is 11.5 Å². The lowest BCUT2D eigenvalue weighted by Gasteiger charge is -2.11. The number of ether oxygens (including phenoxy) is 2. The summed E-state index contributed by atoms with van der Waals surface area (Å²) in [6.07, 6.45) is 3.58. The molecule has 3 aromatic heterocycles. The Kier molecular flexibility index (Phi) is 4.10. The second-order valence-electron chi connectivity index (χ2n) is 6.41.